The molecular formula is C22H22N4O4. The number of rotatable bonds is 3. The second-order valence-corrected chi connectivity index (χ2v) is 7.21. The van der Waals surface area contributed by atoms with Crippen molar-refractivity contribution in [2.45, 2.75) is 25.2 Å². The summed E-state index contributed by atoms with van der Waals surface area (Å²) in [6, 6.07) is 7.29. The fourth-order valence-corrected chi connectivity index (χ4v) is 3.44. The summed E-state index contributed by atoms with van der Waals surface area (Å²) in [6.45, 7) is 2.56. The molecule has 1 aliphatic rings. The van der Waals surface area contributed by atoms with Crippen LogP contribution in [0.2, 0.25) is 0 Å². The Morgan fingerprint density at radius 3 is 3.00 bits per heavy atom. The Morgan fingerprint density at radius 1 is 1.43 bits per heavy atom. The number of hydrogen-bond acceptors (Lipinski definition) is 7. The van der Waals surface area contributed by atoms with Gasteiger partial charge in [0.25, 0.3) is 0 Å². The number of ether oxygens (including phenoxy) is 1. The first kappa shape index (κ1) is 20.0. The lowest BCUT2D eigenvalue weighted by atomic mass is 10.0. The third-order valence-corrected chi connectivity index (χ3v) is 5.11. The summed E-state index contributed by atoms with van der Waals surface area (Å²) >= 11 is 0. The van der Waals surface area contributed by atoms with E-state index in [0.717, 1.165) is 5.56 Å². The van der Waals surface area contributed by atoms with Crippen LogP contribution in [-0.4, -0.2) is 67.5 Å². The van der Waals surface area contributed by atoms with Crippen molar-refractivity contribution in [3.63, 3.8) is 0 Å². The topological polar surface area (TPSA) is 100 Å². The van der Waals surface area contributed by atoms with Crippen molar-refractivity contribution in [3.05, 3.63) is 54.1 Å². The lowest BCUT2D eigenvalue weighted by Crippen LogP contribution is -2.42. The summed E-state index contributed by atoms with van der Waals surface area (Å²) in [5, 5.41) is 20.8. The van der Waals surface area contributed by atoms with Crippen molar-refractivity contribution in [2.24, 2.45) is 0 Å². The zero-order chi connectivity index (χ0) is 21.3. The van der Waals surface area contributed by atoms with Crippen LogP contribution < -0.4 is 0 Å². The standard InChI is InChI=1S/C22H22N4O4/c1-3-30-20(27)17-14-26-12-10-23-19(26)18(24-17)16-6-4-5-15(13-16)7-8-22(29)9-11-25(2)21(22)28/h4-6,10,12-14,21,28-29H,3,9,11H2,1-2H3/t21?,22-/m0/s1. The highest BCUT2D eigenvalue weighted by Gasteiger charge is 2.42. The Labute approximate surface area is 173 Å². The third-order valence-electron chi connectivity index (χ3n) is 5.11. The van der Waals surface area contributed by atoms with Gasteiger partial charge in [-0.15, -0.1) is 0 Å². The number of nitrogens with zero attached hydrogens (tertiary/aromatic N) is 4. The first-order valence-electron chi connectivity index (χ1n) is 9.66. The molecule has 3 aromatic rings. The Kier molecular flexibility index (Phi) is 5.26. The molecule has 8 nitrogen and oxygen atoms in total. The molecule has 0 bridgehead atoms. The first-order chi connectivity index (χ1) is 14.4. The van der Waals surface area contributed by atoms with Crippen LogP contribution in [0.5, 0.6) is 0 Å². The van der Waals surface area contributed by atoms with E-state index in [0.29, 0.717) is 29.9 Å². The van der Waals surface area contributed by atoms with Crippen molar-refractivity contribution in [1.29, 1.82) is 0 Å². The molecular weight excluding hydrogens is 384 g/mol. The molecule has 0 saturated carbocycles. The van der Waals surface area contributed by atoms with Crippen molar-refractivity contribution < 1.29 is 19.7 Å². The molecule has 2 aromatic heterocycles. The zero-order valence-electron chi connectivity index (χ0n) is 16.7. The molecule has 4 rings (SSSR count). The van der Waals surface area contributed by atoms with Crippen LogP contribution in [0.3, 0.4) is 0 Å². The number of aliphatic hydroxyl groups is 2. The summed E-state index contributed by atoms with van der Waals surface area (Å²) in [5.74, 6) is 5.26. The first-order valence-corrected chi connectivity index (χ1v) is 9.66. The minimum Gasteiger partial charge on any atom is -0.461 e. The lowest BCUT2D eigenvalue weighted by molar-refractivity contribution is -0.0633. The van der Waals surface area contributed by atoms with Crippen molar-refractivity contribution >= 4 is 11.6 Å². The smallest absolute Gasteiger partial charge is 0.358 e. The molecule has 0 amide bonds. The van der Waals surface area contributed by atoms with Gasteiger partial charge in [0.15, 0.2) is 16.9 Å². The van der Waals surface area contributed by atoms with Crippen LogP contribution in [0.4, 0.5) is 0 Å². The molecule has 0 radical (unpaired) electrons. The maximum atomic E-state index is 12.2. The number of aliphatic hydroxyl groups excluding tert-OH is 1. The van der Waals surface area contributed by atoms with E-state index in [1.54, 1.807) is 41.9 Å². The van der Waals surface area contributed by atoms with Gasteiger partial charge < -0.3 is 19.4 Å². The molecule has 2 atom stereocenters. The maximum absolute atomic E-state index is 12.2. The zero-order valence-corrected chi connectivity index (χ0v) is 16.7. The van der Waals surface area contributed by atoms with Gasteiger partial charge in [-0.3, -0.25) is 4.90 Å². The highest BCUT2D eigenvalue weighted by Crippen LogP contribution is 2.26. The van der Waals surface area contributed by atoms with Gasteiger partial charge in [0.2, 0.25) is 0 Å². The van der Waals surface area contributed by atoms with E-state index in [1.807, 2.05) is 24.3 Å². The number of benzene rings is 1. The summed E-state index contributed by atoms with van der Waals surface area (Å²) in [4.78, 5) is 22.7. The highest BCUT2D eigenvalue weighted by molar-refractivity contribution is 5.89. The molecule has 3 heterocycles. The number of carbonyl (C=O) groups excluding carboxylic acids is 1. The maximum Gasteiger partial charge on any atom is 0.358 e. The van der Waals surface area contributed by atoms with E-state index in [9.17, 15) is 15.0 Å². The quantitative estimate of drug-likeness (QED) is 0.500. The number of carbonyl (C=O) groups is 1. The van der Waals surface area contributed by atoms with Gasteiger partial charge in [-0.1, -0.05) is 24.0 Å². The Balaban J connectivity index is 1.73. The summed E-state index contributed by atoms with van der Waals surface area (Å²) in [6.07, 6.45) is 4.30. The average molecular weight is 406 g/mol. The monoisotopic (exact) mass is 406 g/mol. The summed E-state index contributed by atoms with van der Waals surface area (Å²) in [5.41, 5.74) is 1.20. The highest BCUT2D eigenvalue weighted by atomic mass is 16.5. The predicted molar refractivity (Wildman–Crippen MR) is 109 cm³/mol. The number of likely N-dealkylation sites (tertiary alicyclic amines) is 1. The number of likely N-dealkylation sites (N-methyl/N-ethyl adjacent to an activating group) is 1. The second kappa shape index (κ2) is 7.88. The van der Waals surface area contributed by atoms with E-state index < -0.39 is 17.8 Å². The lowest BCUT2D eigenvalue weighted by Gasteiger charge is -2.22. The van der Waals surface area contributed by atoms with Crippen LogP contribution >= 0.6 is 0 Å². The van der Waals surface area contributed by atoms with E-state index in [2.05, 4.69) is 21.8 Å². The van der Waals surface area contributed by atoms with Crippen LogP contribution in [0.1, 0.15) is 29.4 Å². The van der Waals surface area contributed by atoms with E-state index >= 15 is 0 Å². The predicted octanol–water partition coefficient (Wildman–Crippen LogP) is 1.31. The molecule has 0 aliphatic carbocycles. The summed E-state index contributed by atoms with van der Waals surface area (Å²) < 4.78 is 6.80. The molecule has 2 N–H and O–H groups in total. The molecule has 1 aromatic carbocycles. The second-order valence-electron chi connectivity index (χ2n) is 7.21. The van der Waals surface area contributed by atoms with Crippen LogP contribution in [-0.2, 0) is 4.74 Å². The van der Waals surface area contributed by atoms with Crippen LogP contribution in [0.25, 0.3) is 16.9 Å². The van der Waals surface area contributed by atoms with Gasteiger partial charge in [-0.25, -0.2) is 14.8 Å². The average Bonchev–Trinajstić information content (AvgIpc) is 3.33. The van der Waals surface area contributed by atoms with E-state index in [1.165, 1.54) is 0 Å². The molecule has 30 heavy (non-hydrogen) atoms. The van der Waals surface area contributed by atoms with Crippen LogP contribution in [0, 0.1) is 11.8 Å². The number of imidazole rings is 1. The minimum absolute atomic E-state index is 0.181. The SMILES string of the molecule is CCOC(=O)c1cn2ccnc2c(-c2cccc(C#C[C@]3(O)CCN(C)C3O)c2)n1. The van der Waals surface area contributed by atoms with Crippen LogP contribution in [0.15, 0.2) is 42.9 Å². The number of esters is 1. The number of fused-ring (bicyclic) bond motifs is 1. The molecule has 1 aliphatic heterocycles. The van der Waals surface area contributed by atoms with Gasteiger partial charge >= 0.3 is 5.97 Å². The molecule has 1 saturated heterocycles. The Hall–Kier alpha value is -3.25. The van der Waals surface area contributed by atoms with Crippen molar-refractivity contribution in [3.8, 4) is 23.1 Å². The van der Waals surface area contributed by atoms with Gasteiger partial charge in [0, 0.05) is 42.7 Å². The van der Waals surface area contributed by atoms with Gasteiger partial charge in [-0.05, 0) is 26.1 Å². The number of aromatic nitrogens is 3. The Morgan fingerprint density at radius 2 is 2.27 bits per heavy atom. The number of hydrogen-bond donors (Lipinski definition) is 2. The third kappa shape index (κ3) is 3.66. The van der Waals surface area contributed by atoms with Gasteiger partial charge in [-0.2, -0.15) is 0 Å². The van der Waals surface area contributed by atoms with E-state index in [-0.39, 0.29) is 12.3 Å². The fraction of sp³-hybridized carbons (Fsp3) is 0.318. The summed E-state index contributed by atoms with van der Waals surface area (Å²) in [7, 11) is 1.74. The molecule has 8 heteroatoms. The minimum atomic E-state index is -1.47. The van der Waals surface area contributed by atoms with Crippen molar-refractivity contribution in [1.82, 2.24) is 19.3 Å². The largest absolute Gasteiger partial charge is 0.461 e. The van der Waals surface area contributed by atoms with Gasteiger partial charge in [0.05, 0.1) is 6.61 Å². The molecule has 0 spiro atoms. The fourth-order valence-electron chi connectivity index (χ4n) is 3.44. The molecule has 1 fully saturated rings. The molecule has 1 unspecified atom stereocenters. The Bertz CT molecular complexity index is 1160. The van der Waals surface area contributed by atoms with Gasteiger partial charge in [0.1, 0.15) is 11.9 Å². The normalized spacial score (nSPS) is 21.4. The van der Waals surface area contributed by atoms with E-state index in [4.69, 9.17) is 4.74 Å². The van der Waals surface area contributed by atoms with Crippen molar-refractivity contribution in [2.75, 3.05) is 20.2 Å². The molecule has 154 valence electrons.